The van der Waals surface area contributed by atoms with Gasteiger partial charge in [-0.3, -0.25) is 0 Å². The maximum Gasteiger partial charge on any atom is 0.0955 e. The van der Waals surface area contributed by atoms with E-state index in [1.807, 2.05) is 12.2 Å². The van der Waals surface area contributed by atoms with E-state index in [9.17, 15) is 0 Å². The first-order valence-electron chi connectivity index (χ1n) is 4.31. The normalized spacial score (nSPS) is 30.7. The standard InChI is InChI=1S/C9H16O2/c1-2-3-4-9-6-5-8(10)7-11-9/h5-6,8-10H,2-4,7H2,1H3/t8-,9-/m0/s1. The molecule has 0 fully saturated rings. The Balaban J connectivity index is 2.21. The number of aliphatic hydroxyl groups is 1. The van der Waals surface area contributed by atoms with Gasteiger partial charge in [-0.1, -0.05) is 31.9 Å². The van der Waals surface area contributed by atoms with Gasteiger partial charge in [0.05, 0.1) is 18.8 Å². The van der Waals surface area contributed by atoms with E-state index in [1.54, 1.807) is 0 Å². The van der Waals surface area contributed by atoms with Crippen LogP contribution in [0.3, 0.4) is 0 Å². The van der Waals surface area contributed by atoms with Gasteiger partial charge in [0, 0.05) is 0 Å². The molecule has 0 amide bonds. The Morgan fingerprint density at radius 1 is 1.55 bits per heavy atom. The molecule has 64 valence electrons. The number of aliphatic hydroxyl groups excluding tert-OH is 1. The van der Waals surface area contributed by atoms with Gasteiger partial charge in [0.25, 0.3) is 0 Å². The van der Waals surface area contributed by atoms with Crippen molar-refractivity contribution in [3.05, 3.63) is 12.2 Å². The second-order valence-corrected chi connectivity index (χ2v) is 2.97. The molecule has 0 saturated heterocycles. The highest BCUT2D eigenvalue weighted by molar-refractivity contribution is 4.98. The Bertz CT molecular complexity index is 132. The summed E-state index contributed by atoms with van der Waals surface area (Å²) in [6.45, 7) is 2.63. The fourth-order valence-electron chi connectivity index (χ4n) is 1.17. The number of ether oxygens (including phenoxy) is 1. The molecule has 2 heteroatoms. The van der Waals surface area contributed by atoms with Crippen LogP contribution in [0.4, 0.5) is 0 Å². The van der Waals surface area contributed by atoms with Crippen LogP contribution in [-0.4, -0.2) is 23.9 Å². The molecule has 0 radical (unpaired) electrons. The summed E-state index contributed by atoms with van der Waals surface area (Å²) in [6, 6.07) is 0. The van der Waals surface area contributed by atoms with Crippen molar-refractivity contribution in [3.8, 4) is 0 Å². The lowest BCUT2D eigenvalue weighted by molar-refractivity contribution is 0.0112. The highest BCUT2D eigenvalue weighted by Crippen LogP contribution is 2.11. The highest BCUT2D eigenvalue weighted by Gasteiger charge is 2.12. The van der Waals surface area contributed by atoms with Crippen molar-refractivity contribution >= 4 is 0 Å². The first-order valence-corrected chi connectivity index (χ1v) is 4.31. The summed E-state index contributed by atoms with van der Waals surface area (Å²) in [5.41, 5.74) is 0. The summed E-state index contributed by atoms with van der Waals surface area (Å²) in [5.74, 6) is 0. The van der Waals surface area contributed by atoms with Gasteiger partial charge in [-0.2, -0.15) is 0 Å². The SMILES string of the molecule is CCCC[C@H]1C=C[C@H](O)CO1. The minimum atomic E-state index is -0.382. The summed E-state index contributed by atoms with van der Waals surface area (Å²) in [7, 11) is 0. The smallest absolute Gasteiger partial charge is 0.0955 e. The van der Waals surface area contributed by atoms with Crippen molar-refractivity contribution in [1.82, 2.24) is 0 Å². The molecule has 0 aliphatic carbocycles. The maximum absolute atomic E-state index is 9.04. The number of hydrogen-bond donors (Lipinski definition) is 1. The molecule has 1 aliphatic heterocycles. The van der Waals surface area contributed by atoms with Gasteiger partial charge in [-0.25, -0.2) is 0 Å². The van der Waals surface area contributed by atoms with Gasteiger partial charge in [0.1, 0.15) is 0 Å². The van der Waals surface area contributed by atoms with E-state index >= 15 is 0 Å². The van der Waals surface area contributed by atoms with Crippen molar-refractivity contribution in [2.75, 3.05) is 6.61 Å². The third-order valence-electron chi connectivity index (χ3n) is 1.87. The van der Waals surface area contributed by atoms with Gasteiger partial charge in [0.15, 0.2) is 0 Å². The van der Waals surface area contributed by atoms with Gasteiger partial charge >= 0.3 is 0 Å². The van der Waals surface area contributed by atoms with E-state index < -0.39 is 0 Å². The second kappa shape index (κ2) is 4.52. The molecule has 0 spiro atoms. The predicted octanol–water partition coefficient (Wildman–Crippen LogP) is 1.49. The van der Waals surface area contributed by atoms with Crippen LogP contribution < -0.4 is 0 Å². The average Bonchev–Trinajstić information content (AvgIpc) is 2.04. The van der Waals surface area contributed by atoms with E-state index in [2.05, 4.69) is 6.92 Å². The molecule has 2 nitrogen and oxygen atoms in total. The molecule has 0 aromatic carbocycles. The molecule has 11 heavy (non-hydrogen) atoms. The molecule has 1 heterocycles. The van der Waals surface area contributed by atoms with Gasteiger partial charge < -0.3 is 9.84 Å². The first-order chi connectivity index (χ1) is 5.33. The van der Waals surface area contributed by atoms with Crippen molar-refractivity contribution < 1.29 is 9.84 Å². The molecule has 2 atom stereocenters. The quantitative estimate of drug-likeness (QED) is 0.627. The summed E-state index contributed by atoms with van der Waals surface area (Å²) < 4.78 is 5.36. The third kappa shape index (κ3) is 3.04. The molecule has 0 bridgehead atoms. The maximum atomic E-state index is 9.04. The summed E-state index contributed by atoms with van der Waals surface area (Å²) >= 11 is 0. The zero-order valence-corrected chi connectivity index (χ0v) is 6.99. The fourth-order valence-corrected chi connectivity index (χ4v) is 1.17. The molecule has 0 saturated carbocycles. The van der Waals surface area contributed by atoms with Gasteiger partial charge in [0.2, 0.25) is 0 Å². The molecule has 1 aliphatic rings. The van der Waals surface area contributed by atoms with E-state index in [4.69, 9.17) is 9.84 Å². The van der Waals surface area contributed by atoms with Crippen LogP contribution in [0.5, 0.6) is 0 Å². The Hall–Kier alpha value is -0.340. The zero-order chi connectivity index (χ0) is 8.10. The topological polar surface area (TPSA) is 29.5 Å². The summed E-state index contributed by atoms with van der Waals surface area (Å²) in [6.07, 6.45) is 7.14. The van der Waals surface area contributed by atoms with E-state index in [1.165, 1.54) is 12.8 Å². The van der Waals surface area contributed by atoms with Crippen LogP contribution in [0.15, 0.2) is 12.2 Å². The van der Waals surface area contributed by atoms with Crippen molar-refractivity contribution in [2.45, 2.75) is 38.4 Å². The lowest BCUT2D eigenvalue weighted by Crippen LogP contribution is -2.24. The predicted molar refractivity (Wildman–Crippen MR) is 44.4 cm³/mol. The molecule has 0 aromatic heterocycles. The lowest BCUT2D eigenvalue weighted by atomic mass is 10.1. The van der Waals surface area contributed by atoms with E-state index in [0.29, 0.717) is 6.61 Å². The van der Waals surface area contributed by atoms with Crippen molar-refractivity contribution in [1.29, 1.82) is 0 Å². The average molecular weight is 156 g/mol. The molecular formula is C9H16O2. The van der Waals surface area contributed by atoms with Crippen LogP contribution >= 0.6 is 0 Å². The second-order valence-electron chi connectivity index (χ2n) is 2.97. The van der Waals surface area contributed by atoms with E-state index in [0.717, 1.165) is 6.42 Å². The molecule has 0 aromatic rings. The largest absolute Gasteiger partial charge is 0.387 e. The Morgan fingerprint density at radius 2 is 2.36 bits per heavy atom. The minimum absolute atomic E-state index is 0.248. The van der Waals surface area contributed by atoms with Crippen molar-refractivity contribution in [3.63, 3.8) is 0 Å². The lowest BCUT2D eigenvalue weighted by Gasteiger charge is -2.20. The zero-order valence-electron chi connectivity index (χ0n) is 6.99. The molecule has 1 rings (SSSR count). The Kier molecular flexibility index (Phi) is 3.60. The van der Waals surface area contributed by atoms with Crippen LogP contribution in [0.25, 0.3) is 0 Å². The number of unbranched alkanes of at least 4 members (excludes halogenated alkanes) is 1. The molecule has 1 N–H and O–H groups in total. The summed E-state index contributed by atoms with van der Waals surface area (Å²) in [5, 5.41) is 9.04. The van der Waals surface area contributed by atoms with Gasteiger partial charge in [-0.15, -0.1) is 0 Å². The van der Waals surface area contributed by atoms with Gasteiger partial charge in [-0.05, 0) is 6.42 Å². The third-order valence-corrected chi connectivity index (χ3v) is 1.87. The Labute approximate surface area is 67.9 Å². The summed E-state index contributed by atoms with van der Waals surface area (Å²) in [4.78, 5) is 0. The Morgan fingerprint density at radius 3 is 2.91 bits per heavy atom. The highest BCUT2D eigenvalue weighted by atomic mass is 16.5. The van der Waals surface area contributed by atoms with Crippen LogP contribution in [0.1, 0.15) is 26.2 Å². The minimum Gasteiger partial charge on any atom is -0.387 e. The molecule has 0 unspecified atom stereocenters. The first kappa shape index (κ1) is 8.75. The molecular weight excluding hydrogens is 140 g/mol. The van der Waals surface area contributed by atoms with Crippen LogP contribution in [0.2, 0.25) is 0 Å². The van der Waals surface area contributed by atoms with Crippen LogP contribution in [0, 0.1) is 0 Å². The van der Waals surface area contributed by atoms with Crippen molar-refractivity contribution in [2.24, 2.45) is 0 Å². The number of hydrogen-bond acceptors (Lipinski definition) is 2. The van der Waals surface area contributed by atoms with E-state index in [-0.39, 0.29) is 12.2 Å². The number of rotatable bonds is 3. The van der Waals surface area contributed by atoms with Crippen LogP contribution in [-0.2, 0) is 4.74 Å². The fraction of sp³-hybridized carbons (Fsp3) is 0.778. The monoisotopic (exact) mass is 156 g/mol.